The van der Waals surface area contributed by atoms with Crippen molar-refractivity contribution in [1.82, 2.24) is 0 Å². The monoisotopic (exact) mass is 328 g/mol. The van der Waals surface area contributed by atoms with E-state index < -0.39 is 23.0 Å². The van der Waals surface area contributed by atoms with Gasteiger partial charge in [-0.25, -0.2) is 13.8 Å². The zero-order chi connectivity index (χ0) is 16.4. The molecule has 5 nitrogen and oxygen atoms in total. The molecular formula is C17H12O5S. The second-order valence-electron chi connectivity index (χ2n) is 4.96. The van der Waals surface area contributed by atoms with E-state index in [0.717, 1.165) is 0 Å². The van der Waals surface area contributed by atoms with Crippen molar-refractivity contribution in [2.75, 3.05) is 0 Å². The summed E-state index contributed by atoms with van der Waals surface area (Å²) < 4.78 is 24.5. The van der Waals surface area contributed by atoms with Crippen molar-refractivity contribution in [1.29, 1.82) is 0 Å². The molecule has 2 aromatic rings. The van der Waals surface area contributed by atoms with E-state index in [1.807, 2.05) is 6.07 Å². The molecule has 0 saturated heterocycles. The summed E-state index contributed by atoms with van der Waals surface area (Å²) in [6, 6.07) is 15.4. The third-order valence-corrected chi connectivity index (χ3v) is 4.02. The van der Waals surface area contributed by atoms with E-state index in [4.69, 9.17) is 9.29 Å². The second kappa shape index (κ2) is 6.28. The third kappa shape index (κ3) is 3.13. The molecule has 0 amide bonds. The van der Waals surface area contributed by atoms with Crippen molar-refractivity contribution in [2.24, 2.45) is 0 Å². The van der Waals surface area contributed by atoms with Crippen molar-refractivity contribution in [3.05, 3.63) is 71.3 Å². The van der Waals surface area contributed by atoms with E-state index in [0.29, 0.717) is 16.7 Å². The predicted octanol–water partition coefficient (Wildman–Crippen LogP) is 2.40. The van der Waals surface area contributed by atoms with Crippen molar-refractivity contribution < 1.29 is 23.1 Å². The lowest BCUT2D eigenvalue weighted by Crippen LogP contribution is -2.02. The lowest BCUT2D eigenvalue weighted by molar-refractivity contribution is -0.149. The largest absolute Gasteiger partial charge is 0.386 e. The number of rotatable bonds is 4. The topological polar surface area (TPSA) is 80.7 Å². The zero-order valence-corrected chi connectivity index (χ0v) is 12.7. The molecule has 0 saturated carbocycles. The first-order valence-electron chi connectivity index (χ1n) is 6.79. The Morgan fingerprint density at radius 3 is 1.87 bits per heavy atom. The van der Waals surface area contributed by atoms with Crippen LogP contribution in [0.2, 0.25) is 0 Å². The van der Waals surface area contributed by atoms with Crippen molar-refractivity contribution in [3.8, 4) is 0 Å². The van der Waals surface area contributed by atoms with Gasteiger partial charge in [0, 0.05) is 0 Å². The smallest absolute Gasteiger partial charge is 0.347 e. The van der Waals surface area contributed by atoms with Gasteiger partial charge in [-0.1, -0.05) is 54.6 Å². The molecule has 116 valence electrons. The maximum atomic E-state index is 12.0. The summed E-state index contributed by atoms with van der Waals surface area (Å²) in [5, 5.41) is 0. The molecule has 1 unspecified atom stereocenters. The first-order chi connectivity index (χ1) is 11.1. The molecule has 1 atom stereocenters. The quantitative estimate of drug-likeness (QED) is 0.529. The van der Waals surface area contributed by atoms with E-state index in [1.165, 1.54) is 0 Å². The lowest BCUT2D eigenvalue weighted by atomic mass is 9.96. The van der Waals surface area contributed by atoms with Gasteiger partial charge in [0.25, 0.3) is 0 Å². The fourth-order valence-corrected chi connectivity index (χ4v) is 2.91. The Labute approximate surface area is 134 Å². The normalized spacial score (nSPS) is 15.7. The van der Waals surface area contributed by atoms with E-state index in [1.54, 1.807) is 48.5 Å². The number of benzene rings is 2. The maximum absolute atomic E-state index is 12.0. The standard InChI is InChI=1S/C17H12O5S/c18-16-14(12-4-2-1-3-5-12)15(17(19)22-16)13-8-6-11(7-9-13)10-23(20)21/h1-9H,10H2,(H,20,21). The van der Waals surface area contributed by atoms with Gasteiger partial charge in [0.1, 0.15) is 0 Å². The summed E-state index contributed by atoms with van der Waals surface area (Å²) in [4.78, 5) is 24.0. The number of carbonyl (C=O) groups is 2. The Kier molecular flexibility index (Phi) is 4.18. The summed E-state index contributed by atoms with van der Waals surface area (Å²) in [5.41, 5.74) is 2.24. The number of cyclic esters (lactones) is 2. The molecule has 23 heavy (non-hydrogen) atoms. The number of hydrogen-bond acceptors (Lipinski definition) is 4. The lowest BCUT2D eigenvalue weighted by Gasteiger charge is -2.04. The molecule has 1 aliphatic heterocycles. The SMILES string of the molecule is O=C1OC(=O)C(c2ccc(CS(=O)O)cc2)=C1c1ccccc1. The molecule has 0 aromatic heterocycles. The van der Waals surface area contributed by atoms with Crippen LogP contribution in [0.5, 0.6) is 0 Å². The van der Waals surface area contributed by atoms with Crippen LogP contribution < -0.4 is 0 Å². The molecule has 3 rings (SSSR count). The average molecular weight is 328 g/mol. The molecule has 1 aliphatic rings. The van der Waals surface area contributed by atoms with Gasteiger partial charge in [0.2, 0.25) is 0 Å². The Balaban J connectivity index is 2.07. The van der Waals surface area contributed by atoms with Crippen LogP contribution in [0.3, 0.4) is 0 Å². The van der Waals surface area contributed by atoms with Crippen LogP contribution in [-0.2, 0) is 31.2 Å². The van der Waals surface area contributed by atoms with Crippen LogP contribution in [-0.4, -0.2) is 20.7 Å². The first-order valence-corrected chi connectivity index (χ1v) is 8.07. The number of carbonyl (C=O) groups excluding carboxylic acids is 2. The summed E-state index contributed by atoms with van der Waals surface area (Å²) in [5.74, 6) is -1.35. The Morgan fingerprint density at radius 2 is 1.35 bits per heavy atom. The average Bonchev–Trinajstić information content (AvgIpc) is 2.83. The van der Waals surface area contributed by atoms with Crippen LogP contribution in [0, 0.1) is 0 Å². The number of esters is 2. The predicted molar refractivity (Wildman–Crippen MR) is 85.3 cm³/mol. The molecule has 1 N–H and O–H groups in total. The number of hydrogen-bond donors (Lipinski definition) is 1. The van der Waals surface area contributed by atoms with Gasteiger partial charge in [-0.3, -0.25) is 0 Å². The van der Waals surface area contributed by atoms with E-state index in [-0.39, 0.29) is 16.9 Å². The van der Waals surface area contributed by atoms with Gasteiger partial charge in [-0.2, -0.15) is 0 Å². The van der Waals surface area contributed by atoms with Gasteiger partial charge in [0.15, 0.2) is 11.1 Å². The summed E-state index contributed by atoms with van der Waals surface area (Å²) in [6.45, 7) is 0. The summed E-state index contributed by atoms with van der Waals surface area (Å²) in [7, 11) is 0. The minimum absolute atomic E-state index is 0.00818. The second-order valence-corrected chi connectivity index (χ2v) is 5.89. The van der Waals surface area contributed by atoms with Crippen molar-refractivity contribution >= 4 is 34.2 Å². The summed E-state index contributed by atoms with van der Waals surface area (Å²) >= 11 is -1.93. The van der Waals surface area contributed by atoms with Crippen molar-refractivity contribution in [3.63, 3.8) is 0 Å². The number of ether oxygens (including phenoxy) is 1. The van der Waals surface area contributed by atoms with Gasteiger partial charge in [0.05, 0.1) is 16.9 Å². The Hall–Kier alpha value is -2.57. The van der Waals surface area contributed by atoms with Gasteiger partial charge >= 0.3 is 11.9 Å². The molecule has 1 heterocycles. The minimum Gasteiger partial charge on any atom is -0.386 e. The molecule has 2 aromatic carbocycles. The molecule has 0 fully saturated rings. The van der Waals surface area contributed by atoms with Gasteiger partial charge < -0.3 is 9.29 Å². The van der Waals surface area contributed by atoms with Crippen LogP contribution in [0.25, 0.3) is 11.1 Å². The molecule has 0 radical (unpaired) electrons. The maximum Gasteiger partial charge on any atom is 0.347 e. The summed E-state index contributed by atoms with van der Waals surface area (Å²) in [6.07, 6.45) is 0. The Bertz CT molecular complexity index is 822. The molecular weight excluding hydrogens is 316 g/mol. The van der Waals surface area contributed by atoms with Crippen LogP contribution in [0.15, 0.2) is 54.6 Å². The third-order valence-electron chi connectivity index (χ3n) is 3.44. The molecule has 0 aliphatic carbocycles. The van der Waals surface area contributed by atoms with Crippen molar-refractivity contribution in [2.45, 2.75) is 5.75 Å². The first kappa shape index (κ1) is 15.3. The minimum atomic E-state index is -1.93. The fraction of sp³-hybridized carbons (Fsp3) is 0.0588. The molecule has 0 bridgehead atoms. The molecule has 0 spiro atoms. The van der Waals surface area contributed by atoms with Crippen LogP contribution in [0.1, 0.15) is 16.7 Å². The highest BCUT2D eigenvalue weighted by Crippen LogP contribution is 2.33. The van der Waals surface area contributed by atoms with Gasteiger partial charge in [-0.05, 0) is 16.7 Å². The molecule has 6 heteroatoms. The highest BCUT2D eigenvalue weighted by Gasteiger charge is 2.34. The van der Waals surface area contributed by atoms with Crippen LogP contribution in [0.4, 0.5) is 0 Å². The van der Waals surface area contributed by atoms with E-state index in [2.05, 4.69) is 0 Å². The van der Waals surface area contributed by atoms with Crippen LogP contribution >= 0.6 is 0 Å². The highest BCUT2D eigenvalue weighted by atomic mass is 32.2. The van der Waals surface area contributed by atoms with Gasteiger partial charge in [-0.15, -0.1) is 0 Å². The Morgan fingerprint density at radius 1 is 0.826 bits per heavy atom. The fourth-order valence-electron chi connectivity index (χ4n) is 2.43. The van der Waals surface area contributed by atoms with E-state index in [9.17, 15) is 13.8 Å². The van der Waals surface area contributed by atoms with E-state index >= 15 is 0 Å². The highest BCUT2D eigenvalue weighted by molar-refractivity contribution is 7.78. The zero-order valence-electron chi connectivity index (χ0n) is 11.9.